The summed E-state index contributed by atoms with van der Waals surface area (Å²) in [5.74, 6) is 0. The average molecular weight is 341 g/mol. The van der Waals surface area contributed by atoms with Crippen molar-refractivity contribution in [3.8, 4) is 0 Å². The summed E-state index contributed by atoms with van der Waals surface area (Å²) in [5, 5.41) is 3.69. The molecule has 1 heterocycles. The van der Waals surface area contributed by atoms with Gasteiger partial charge in [-0.2, -0.15) is 0 Å². The van der Waals surface area contributed by atoms with Crippen LogP contribution in [-0.2, 0) is 19.4 Å². The number of aryl methyl sites for hydroxylation is 2. The Morgan fingerprint density at radius 3 is 2.83 bits per heavy atom. The maximum Gasteiger partial charge on any atom is 0.324 e. The van der Waals surface area contributed by atoms with E-state index in [2.05, 4.69) is 16.9 Å². The van der Waals surface area contributed by atoms with Gasteiger partial charge in [0.15, 0.2) is 5.13 Å². The summed E-state index contributed by atoms with van der Waals surface area (Å²) in [6.07, 6.45) is 7.56. The first-order valence-electron chi connectivity index (χ1n) is 8.45. The summed E-state index contributed by atoms with van der Waals surface area (Å²) in [4.78, 5) is 20.3. The fourth-order valence-electron chi connectivity index (χ4n) is 2.93. The lowest BCUT2D eigenvalue weighted by atomic mass is 10.2. The summed E-state index contributed by atoms with van der Waals surface area (Å²) in [7, 11) is 0. The van der Waals surface area contributed by atoms with Crippen LogP contribution in [0.1, 0.15) is 35.4 Å². The number of hydrogen-bond acceptors (Lipinski definition) is 3. The summed E-state index contributed by atoms with van der Waals surface area (Å²) >= 11 is 1.62. The smallest absolute Gasteiger partial charge is 0.316 e. The van der Waals surface area contributed by atoms with Crippen molar-refractivity contribution < 1.29 is 4.79 Å². The molecule has 1 aromatic carbocycles. The Labute approximate surface area is 147 Å². The van der Waals surface area contributed by atoms with E-state index in [9.17, 15) is 4.79 Å². The van der Waals surface area contributed by atoms with Crippen molar-refractivity contribution in [3.63, 3.8) is 0 Å². The molecule has 0 spiro atoms. The van der Waals surface area contributed by atoms with Gasteiger partial charge in [0.1, 0.15) is 0 Å². The third kappa shape index (κ3) is 4.23. The predicted octanol–water partition coefficient (Wildman–Crippen LogP) is 4.63. The highest BCUT2D eigenvalue weighted by molar-refractivity contribution is 7.15. The van der Waals surface area contributed by atoms with Gasteiger partial charge in [-0.3, -0.25) is 5.32 Å². The molecule has 1 N–H and O–H groups in total. The van der Waals surface area contributed by atoms with Crippen molar-refractivity contribution in [2.24, 2.45) is 0 Å². The van der Waals surface area contributed by atoms with Crippen molar-refractivity contribution in [1.29, 1.82) is 0 Å². The van der Waals surface area contributed by atoms with Crippen molar-refractivity contribution in [2.75, 3.05) is 11.9 Å². The molecule has 24 heavy (non-hydrogen) atoms. The standard InChI is InChI=1S/C19H23N3OS/c1-2-13-22(14-15-9-5-3-6-10-15)19(23)21-18-20-16-11-7-4-8-12-17(16)24-18/h2-3,5-6,9-10H,1,4,7-8,11-14H2,(H,20,21,23). The van der Waals surface area contributed by atoms with Crippen LogP contribution in [0.4, 0.5) is 9.93 Å². The van der Waals surface area contributed by atoms with E-state index in [1.807, 2.05) is 30.3 Å². The van der Waals surface area contributed by atoms with E-state index in [-0.39, 0.29) is 6.03 Å². The van der Waals surface area contributed by atoms with Gasteiger partial charge in [0.25, 0.3) is 0 Å². The van der Waals surface area contributed by atoms with E-state index in [0.29, 0.717) is 18.2 Å². The van der Waals surface area contributed by atoms with Crippen LogP contribution >= 0.6 is 11.3 Å². The van der Waals surface area contributed by atoms with Crippen LogP contribution in [0.2, 0.25) is 0 Å². The highest BCUT2D eigenvalue weighted by Gasteiger charge is 2.18. The number of hydrogen-bond donors (Lipinski definition) is 1. The number of carbonyl (C=O) groups excluding carboxylic acids is 1. The highest BCUT2D eigenvalue weighted by Crippen LogP contribution is 2.29. The minimum Gasteiger partial charge on any atom is -0.316 e. The SMILES string of the molecule is C=CCN(Cc1ccccc1)C(=O)Nc1nc2c(s1)CCCCC2. The third-order valence-electron chi connectivity index (χ3n) is 4.16. The Balaban J connectivity index is 1.68. The van der Waals surface area contributed by atoms with E-state index in [1.165, 1.54) is 29.8 Å². The second kappa shape index (κ2) is 8.11. The molecular weight excluding hydrogens is 318 g/mol. The first kappa shape index (κ1) is 16.7. The Morgan fingerprint density at radius 1 is 1.25 bits per heavy atom. The number of fused-ring (bicyclic) bond motifs is 1. The molecular formula is C19H23N3OS. The third-order valence-corrected chi connectivity index (χ3v) is 5.24. The Bertz CT molecular complexity index is 672. The topological polar surface area (TPSA) is 45.2 Å². The molecule has 5 heteroatoms. The predicted molar refractivity (Wildman–Crippen MR) is 99.4 cm³/mol. The van der Waals surface area contributed by atoms with Crippen molar-refractivity contribution in [1.82, 2.24) is 9.88 Å². The lowest BCUT2D eigenvalue weighted by Crippen LogP contribution is -2.34. The van der Waals surface area contributed by atoms with Gasteiger partial charge in [-0.05, 0) is 31.2 Å². The molecule has 0 atom stereocenters. The quantitative estimate of drug-likeness (QED) is 0.636. The average Bonchev–Trinajstić information content (AvgIpc) is 2.83. The van der Waals surface area contributed by atoms with Gasteiger partial charge in [0.05, 0.1) is 5.69 Å². The van der Waals surface area contributed by atoms with Gasteiger partial charge >= 0.3 is 6.03 Å². The molecule has 1 aromatic heterocycles. The Kier molecular flexibility index (Phi) is 5.64. The molecule has 0 radical (unpaired) electrons. The van der Waals surface area contributed by atoms with Crippen LogP contribution in [0, 0.1) is 0 Å². The number of thiazole rings is 1. The van der Waals surface area contributed by atoms with Gasteiger partial charge in [-0.1, -0.05) is 42.8 Å². The zero-order valence-electron chi connectivity index (χ0n) is 13.8. The van der Waals surface area contributed by atoms with Crippen LogP contribution in [0.3, 0.4) is 0 Å². The monoisotopic (exact) mass is 341 g/mol. The zero-order chi connectivity index (χ0) is 16.8. The first-order valence-corrected chi connectivity index (χ1v) is 9.27. The number of nitrogens with zero attached hydrogens (tertiary/aromatic N) is 2. The van der Waals surface area contributed by atoms with Gasteiger partial charge < -0.3 is 4.90 Å². The number of nitrogens with one attached hydrogen (secondary N) is 1. The molecule has 1 aliphatic rings. The van der Waals surface area contributed by atoms with Crippen LogP contribution in [0.15, 0.2) is 43.0 Å². The number of urea groups is 1. The molecule has 3 rings (SSSR count). The molecule has 126 valence electrons. The Morgan fingerprint density at radius 2 is 2.04 bits per heavy atom. The summed E-state index contributed by atoms with van der Waals surface area (Å²) in [6, 6.07) is 9.87. The van der Waals surface area contributed by atoms with Crippen LogP contribution in [0.25, 0.3) is 0 Å². The largest absolute Gasteiger partial charge is 0.324 e. The lowest BCUT2D eigenvalue weighted by Gasteiger charge is -2.21. The number of carbonyl (C=O) groups is 1. The molecule has 2 aromatic rings. The van der Waals surface area contributed by atoms with Crippen LogP contribution in [0.5, 0.6) is 0 Å². The Hall–Kier alpha value is -2.14. The second-order valence-corrected chi connectivity index (χ2v) is 7.12. The number of anilines is 1. The molecule has 0 fully saturated rings. The maximum absolute atomic E-state index is 12.6. The molecule has 0 saturated carbocycles. The molecule has 4 nitrogen and oxygen atoms in total. The number of rotatable bonds is 5. The second-order valence-electron chi connectivity index (χ2n) is 6.03. The van der Waals surface area contributed by atoms with E-state index in [1.54, 1.807) is 22.3 Å². The summed E-state index contributed by atoms with van der Waals surface area (Å²) < 4.78 is 0. The van der Waals surface area contributed by atoms with E-state index in [4.69, 9.17) is 0 Å². The number of amides is 2. The van der Waals surface area contributed by atoms with E-state index < -0.39 is 0 Å². The van der Waals surface area contributed by atoms with E-state index in [0.717, 1.165) is 18.4 Å². The number of benzene rings is 1. The van der Waals surface area contributed by atoms with Crippen LogP contribution < -0.4 is 5.32 Å². The molecule has 0 unspecified atom stereocenters. The molecule has 0 saturated heterocycles. The fourth-order valence-corrected chi connectivity index (χ4v) is 3.97. The minimum absolute atomic E-state index is 0.123. The van der Waals surface area contributed by atoms with Gasteiger partial charge in [0, 0.05) is 18.0 Å². The molecule has 2 amide bonds. The van der Waals surface area contributed by atoms with Gasteiger partial charge in [-0.25, -0.2) is 9.78 Å². The number of aromatic nitrogens is 1. The van der Waals surface area contributed by atoms with Gasteiger partial charge in [-0.15, -0.1) is 17.9 Å². The van der Waals surface area contributed by atoms with Crippen LogP contribution in [-0.4, -0.2) is 22.5 Å². The normalized spacial score (nSPS) is 13.7. The lowest BCUT2D eigenvalue weighted by molar-refractivity contribution is 0.215. The fraction of sp³-hybridized carbons (Fsp3) is 0.368. The van der Waals surface area contributed by atoms with Crippen molar-refractivity contribution >= 4 is 22.5 Å². The highest BCUT2D eigenvalue weighted by atomic mass is 32.1. The summed E-state index contributed by atoms with van der Waals surface area (Å²) in [5.41, 5.74) is 2.27. The first-order chi connectivity index (χ1) is 11.8. The zero-order valence-corrected chi connectivity index (χ0v) is 14.6. The molecule has 0 bridgehead atoms. The van der Waals surface area contributed by atoms with E-state index >= 15 is 0 Å². The molecule has 1 aliphatic carbocycles. The van der Waals surface area contributed by atoms with Gasteiger partial charge in [0.2, 0.25) is 0 Å². The summed E-state index contributed by atoms with van der Waals surface area (Å²) in [6.45, 7) is 4.83. The molecule has 0 aliphatic heterocycles. The maximum atomic E-state index is 12.6. The van der Waals surface area contributed by atoms with Crippen molar-refractivity contribution in [2.45, 2.75) is 38.6 Å². The van der Waals surface area contributed by atoms with Crippen molar-refractivity contribution in [3.05, 3.63) is 59.1 Å². The minimum atomic E-state index is -0.123.